The van der Waals surface area contributed by atoms with Gasteiger partial charge in [-0.15, -0.1) is 0 Å². The zero-order chi connectivity index (χ0) is 9.10. The molecule has 3 heteroatoms. The van der Waals surface area contributed by atoms with Gasteiger partial charge in [-0.05, 0) is 37.8 Å². The van der Waals surface area contributed by atoms with E-state index in [-0.39, 0.29) is 0 Å². The average molecular weight is 177 g/mol. The van der Waals surface area contributed by atoms with Crippen molar-refractivity contribution in [2.24, 2.45) is 0 Å². The Morgan fingerprint density at radius 3 is 2.69 bits per heavy atom. The molecular weight excluding hydrogens is 162 g/mol. The lowest BCUT2D eigenvalue weighted by Crippen LogP contribution is -2.21. The van der Waals surface area contributed by atoms with E-state index < -0.39 is 0 Å². The van der Waals surface area contributed by atoms with E-state index in [1.807, 2.05) is 19.4 Å². The fourth-order valence-corrected chi connectivity index (χ4v) is 2.07. The Balaban J connectivity index is 2.04. The number of nitrogens with one attached hydrogen (secondary N) is 1. The van der Waals surface area contributed by atoms with E-state index >= 15 is 0 Å². The molecule has 0 saturated heterocycles. The number of hydrogen-bond acceptors (Lipinski definition) is 3. The van der Waals surface area contributed by atoms with Gasteiger partial charge < -0.3 is 5.32 Å². The van der Waals surface area contributed by atoms with Crippen LogP contribution in [0, 0.1) is 0 Å². The Bertz CT molecular complexity index is 260. The second kappa shape index (κ2) is 3.83. The van der Waals surface area contributed by atoms with Crippen molar-refractivity contribution in [2.75, 3.05) is 7.05 Å². The molecule has 0 spiro atoms. The van der Waals surface area contributed by atoms with Gasteiger partial charge in [0, 0.05) is 18.4 Å². The summed E-state index contributed by atoms with van der Waals surface area (Å²) >= 11 is 0. The van der Waals surface area contributed by atoms with Crippen LogP contribution >= 0.6 is 0 Å². The maximum atomic E-state index is 4.05. The van der Waals surface area contributed by atoms with Crippen molar-refractivity contribution in [3.8, 4) is 0 Å². The molecule has 1 aromatic heterocycles. The molecule has 1 aromatic rings. The summed E-state index contributed by atoms with van der Waals surface area (Å²) in [5.74, 6) is 0.665. The first-order valence-corrected chi connectivity index (χ1v) is 4.82. The predicted octanol–water partition coefficient (Wildman–Crippen LogP) is 1.33. The third-order valence-corrected chi connectivity index (χ3v) is 2.89. The maximum absolute atomic E-state index is 4.05. The quantitative estimate of drug-likeness (QED) is 0.740. The SMILES string of the molecule is CNC1CCC(c2cncnc2)C1. The molecule has 13 heavy (non-hydrogen) atoms. The van der Waals surface area contributed by atoms with Crippen molar-refractivity contribution in [2.45, 2.75) is 31.2 Å². The zero-order valence-corrected chi connectivity index (χ0v) is 7.90. The summed E-state index contributed by atoms with van der Waals surface area (Å²) in [6.07, 6.45) is 9.23. The molecule has 0 amide bonds. The van der Waals surface area contributed by atoms with E-state index in [1.165, 1.54) is 24.8 Å². The lowest BCUT2D eigenvalue weighted by atomic mass is 10.0. The van der Waals surface area contributed by atoms with E-state index in [9.17, 15) is 0 Å². The van der Waals surface area contributed by atoms with Crippen LogP contribution in [-0.4, -0.2) is 23.1 Å². The van der Waals surface area contributed by atoms with E-state index in [0.717, 1.165) is 0 Å². The van der Waals surface area contributed by atoms with Gasteiger partial charge in [-0.1, -0.05) is 0 Å². The standard InChI is InChI=1S/C10H15N3/c1-11-10-3-2-8(4-10)9-5-12-7-13-6-9/h5-8,10-11H,2-4H2,1H3. The van der Waals surface area contributed by atoms with Crippen molar-refractivity contribution in [3.63, 3.8) is 0 Å². The van der Waals surface area contributed by atoms with Gasteiger partial charge in [0.2, 0.25) is 0 Å². The van der Waals surface area contributed by atoms with Crippen LogP contribution in [-0.2, 0) is 0 Å². The third kappa shape index (κ3) is 1.86. The molecule has 2 rings (SSSR count). The maximum Gasteiger partial charge on any atom is 0.115 e. The third-order valence-electron chi connectivity index (χ3n) is 2.89. The molecule has 0 aromatic carbocycles. The first-order valence-electron chi connectivity index (χ1n) is 4.82. The Kier molecular flexibility index (Phi) is 2.54. The van der Waals surface area contributed by atoms with Crippen molar-refractivity contribution in [1.29, 1.82) is 0 Å². The first-order chi connectivity index (χ1) is 6.40. The van der Waals surface area contributed by atoms with Gasteiger partial charge in [-0.3, -0.25) is 0 Å². The molecule has 1 aliphatic carbocycles. The summed E-state index contributed by atoms with van der Waals surface area (Å²) in [5.41, 5.74) is 1.29. The average Bonchev–Trinajstić information content (AvgIpc) is 2.67. The summed E-state index contributed by atoms with van der Waals surface area (Å²) < 4.78 is 0. The molecule has 2 unspecified atom stereocenters. The van der Waals surface area contributed by atoms with Gasteiger partial charge in [-0.2, -0.15) is 0 Å². The predicted molar refractivity (Wildman–Crippen MR) is 51.5 cm³/mol. The molecule has 1 fully saturated rings. The smallest absolute Gasteiger partial charge is 0.115 e. The summed E-state index contributed by atoms with van der Waals surface area (Å²) in [5, 5.41) is 3.32. The Morgan fingerprint density at radius 2 is 2.08 bits per heavy atom. The number of hydrogen-bond donors (Lipinski definition) is 1. The van der Waals surface area contributed by atoms with Crippen molar-refractivity contribution < 1.29 is 0 Å². The van der Waals surface area contributed by atoms with Crippen LogP contribution in [0.2, 0.25) is 0 Å². The number of rotatable bonds is 2. The summed E-state index contributed by atoms with van der Waals surface area (Å²) in [6, 6.07) is 0.685. The van der Waals surface area contributed by atoms with E-state index in [4.69, 9.17) is 0 Å². The van der Waals surface area contributed by atoms with Gasteiger partial charge in [0.15, 0.2) is 0 Å². The van der Waals surface area contributed by atoms with Crippen LogP contribution in [0.25, 0.3) is 0 Å². The van der Waals surface area contributed by atoms with Crippen LogP contribution in [0.15, 0.2) is 18.7 Å². The molecular formula is C10H15N3. The molecule has 0 bridgehead atoms. The second-order valence-electron chi connectivity index (χ2n) is 3.67. The van der Waals surface area contributed by atoms with Gasteiger partial charge >= 0.3 is 0 Å². The van der Waals surface area contributed by atoms with Crippen LogP contribution in [0.4, 0.5) is 0 Å². The molecule has 70 valence electrons. The van der Waals surface area contributed by atoms with Crippen LogP contribution in [0.5, 0.6) is 0 Å². The lowest BCUT2D eigenvalue weighted by Gasteiger charge is -2.09. The fraction of sp³-hybridized carbons (Fsp3) is 0.600. The van der Waals surface area contributed by atoms with Gasteiger partial charge in [0.25, 0.3) is 0 Å². The van der Waals surface area contributed by atoms with Crippen molar-refractivity contribution in [3.05, 3.63) is 24.3 Å². The summed E-state index contributed by atoms with van der Waals surface area (Å²) in [4.78, 5) is 8.10. The minimum Gasteiger partial charge on any atom is -0.317 e. The number of aromatic nitrogens is 2. The van der Waals surface area contributed by atoms with E-state index in [1.54, 1.807) is 6.33 Å². The van der Waals surface area contributed by atoms with Crippen LogP contribution < -0.4 is 5.32 Å². The minimum absolute atomic E-state index is 0.665. The molecule has 3 nitrogen and oxygen atoms in total. The summed E-state index contributed by atoms with van der Waals surface area (Å²) in [7, 11) is 2.04. The van der Waals surface area contributed by atoms with Crippen LogP contribution in [0.1, 0.15) is 30.7 Å². The zero-order valence-electron chi connectivity index (χ0n) is 7.90. The van der Waals surface area contributed by atoms with Gasteiger partial charge in [0.05, 0.1) is 0 Å². The van der Waals surface area contributed by atoms with Crippen molar-refractivity contribution >= 4 is 0 Å². The van der Waals surface area contributed by atoms with E-state index in [2.05, 4.69) is 15.3 Å². The Morgan fingerprint density at radius 1 is 1.31 bits per heavy atom. The Labute approximate surface area is 78.6 Å². The first kappa shape index (κ1) is 8.63. The fourth-order valence-electron chi connectivity index (χ4n) is 2.07. The highest BCUT2D eigenvalue weighted by atomic mass is 14.9. The highest BCUT2D eigenvalue weighted by molar-refractivity contribution is 5.12. The van der Waals surface area contributed by atoms with Crippen molar-refractivity contribution in [1.82, 2.24) is 15.3 Å². The minimum atomic E-state index is 0.665. The largest absolute Gasteiger partial charge is 0.317 e. The highest BCUT2D eigenvalue weighted by Crippen LogP contribution is 2.33. The molecule has 1 saturated carbocycles. The highest BCUT2D eigenvalue weighted by Gasteiger charge is 2.24. The van der Waals surface area contributed by atoms with E-state index in [0.29, 0.717) is 12.0 Å². The second-order valence-corrected chi connectivity index (χ2v) is 3.67. The van der Waals surface area contributed by atoms with Gasteiger partial charge in [-0.25, -0.2) is 9.97 Å². The topological polar surface area (TPSA) is 37.8 Å². The molecule has 2 atom stereocenters. The number of nitrogens with zero attached hydrogens (tertiary/aromatic N) is 2. The molecule has 1 N–H and O–H groups in total. The Hall–Kier alpha value is -0.960. The molecule has 1 heterocycles. The molecule has 0 aliphatic heterocycles. The molecule has 0 radical (unpaired) electrons. The summed E-state index contributed by atoms with van der Waals surface area (Å²) in [6.45, 7) is 0. The lowest BCUT2D eigenvalue weighted by molar-refractivity contribution is 0.571. The normalized spacial score (nSPS) is 27.8. The van der Waals surface area contributed by atoms with Gasteiger partial charge in [0.1, 0.15) is 6.33 Å². The molecule has 1 aliphatic rings. The van der Waals surface area contributed by atoms with Crippen LogP contribution in [0.3, 0.4) is 0 Å². The monoisotopic (exact) mass is 177 g/mol.